The summed E-state index contributed by atoms with van der Waals surface area (Å²) >= 11 is 0. The summed E-state index contributed by atoms with van der Waals surface area (Å²) in [6.07, 6.45) is 9.31. The van der Waals surface area contributed by atoms with Crippen molar-refractivity contribution in [2.24, 2.45) is 0 Å². The monoisotopic (exact) mass is 404 g/mol. The molecule has 0 aliphatic carbocycles. The molecule has 30 heavy (non-hydrogen) atoms. The first-order valence-electron chi connectivity index (χ1n) is 10.6. The highest BCUT2D eigenvalue weighted by atomic mass is 19.1. The fourth-order valence-electron chi connectivity index (χ4n) is 3.39. The molecule has 0 spiro atoms. The summed E-state index contributed by atoms with van der Waals surface area (Å²) in [5.74, 6) is 1.38. The van der Waals surface area contributed by atoms with Crippen LogP contribution in [0.2, 0.25) is 0 Å². The van der Waals surface area contributed by atoms with Crippen molar-refractivity contribution >= 4 is 0 Å². The number of hydrogen-bond acceptors (Lipinski definition) is 3. The maximum Gasteiger partial charge on any atom is 0.162 e. The number of aryl methyl sites for hydroxylation is 1. The van der Waals surface area contributed by atoms with Crippen LogP contribution in [0.25, 0.3) is 22.5 Å². The predicted octanol–water partition coefficient (Wildman–Crippen LogP) is 6.84. The molecule has 4 heteroatoms. The minimum Gasteiger partial charge on any atom is -0.489 e. The third-order valence-electron chi connectivity index (χ3n) is 5.00. The molecule has 1 heterocycles. The lowest BCUT2D eigenvalue weighted by atomic mass is 9.99. The lowest BCUT2D eigenvalue weighted by Gasteiger charge is -2.12. The van der Waals surface area contributed by atoms with Crippen molar-refractivity contribution in [1.82, 2.24) is 9.97 Å². The van der Waals surface area contributed by atoms with Crippen molar-refractivity contribution < 1.29 is 9.13 Å². The van der Waals surface area contributed by atoms with Crippen LogP contribution in [0, 0.1) is 0 Å². The van der Waals surface area contributed by atoms with Gasteiger partial charge in [0.2, 0.25) is 0 Å². The maximum atomic E-state index is 12.9. The highest BCUT2D eigenvalue weighted by Crippen LogP contribution is 2.33. The molecule has 0 bridgehead atoms. The van der Waals surface area contributed by atoms with Gasteiger partial charge in [-0.05, 0) is 61.1 Å². The van der Waals surface area contributed by atoms with E-state index in [2.05, 4.69) is 46.9 Å². The fraction of sp³-hybridized carbons (Fsp3) is 0.308. The van der Waals surface area contributed by atoms with Gasteiger partial charge in [-0.2, -0.15) is 0 Å². The van der Waals surface area contributed by atoms with Crippen molar-refractivity contribution in [3.05, 3.63) is 79.1 Å². The van der Waals surface area contributed by atoms with Crippen LogP contribution >= 0.6 is 0 Å². The number of alkyl halides is 1. The number of benzene rings is 2. The normalized spacial score (nSPS) is 11.8. The summed E-state index contributed by atoms with van der Waals surface area (Å²) in [7, 11) is 0. The van der Waals surface area contributed by atoms with Gasteiger partial charge < -0.3 is 4.74 Å². The molecule has 1 atom stereocenters. The quantitative estimate of drug-likeness (QED) is 0.259. The second-order valence-corrected chi connectivity index (χ2v) is 7.46. The van der Waals surface area contributed by atoms with E-state index in [-0.39, 0.29) is 0 Å². The lowest BCUT2D eigenvalue weighted by molar-refractivity contribution is 0.330. The molecule has 1 aromatic heterocycles. The van der Waals surface area contributed by atoms with Crippen molar-refractivity contribution in [2.75, 3.05) is 6.61 Å². The van der Waals surface area contributed by atoms with Gasteiger partial charge in [0.1, 0.15) is 12.4 Å². The largest absolute Gasteiger partial charge is 0.489 e. The summed E-state index contributed by atoms with van der Waals surface area (Å²) in [5, 5.41) is 0. The SMILES string of the molecule is C=CCOc1cc(-c2ccc(CCCCCC(C)F)cc2)ccc1-c1ncccn1. The molecule has 0 saturated heterocycles. The van der Waals surface area contributed by atoms with E-state index in [1.54, 1.807) is 31.5 Å². The standard InChI is InChI=1S/C26H29FN2O/c1-3-18-30-25-19-23(14-15-24(25)26-28-16-7-17-29-26)22-12-10-21(11-13-22)9-6-4-5-8-20(2)27/h3,7,10-17,19-20H,1,4-6,8-9,18H2,2H3. The van der Waals surface area contributed by atoms with Crippen molar-refractivity contribution in [3.8, 4) is 28.3 Å². The number of ether oxygens (including phenoxy) is 1. The average Bonchev–Trinajstić information content (AvgIpc) is 2.78. The van der Waals surface area contributed by atoms with Crippen LogP contribution in [0.3, 0.4) is 0 Å². The van der Waals surface area contributed by atoms with Crippen LogP contribution in [0.4, 0.5) is 4.39 Å². The zero-order valence-electron chi connectivity index (χ0n) is 17.6. The molecule has 0 amide bonds. The van der Waals surface area contributed by atoms with Gasteiger partial charge in [0.15, 0.2) is 5.82 Å². The van der Waals surface area contributed by atoms with E-state index in [9.17, 15) is 4.39 Å². The van der Waals surface area contributed by atoms with Gasteiger partial charge in [-0.1, -0.05) is 55.8 Å². The summed E-state index contributed by atoms with van der Waals surface area (Å²) < 4.78 is 18.7. The minimum absolute atomic E-state index is 0.420. The first-order valence-corrected chi connectivity index (χ1v) is 10.6. The van der Waals surface area contributed by atoms with Crippen LogP contribution in [0.5, 0.6) is 5.75 Å². The third-order valence-corrected chi connectivity index (χ3v) is 5.00. The number of hydrogen-bond donors (Lipinski definition) is 0. The average molecular weight is 405 g/mol. The van der Waals surface area contributed by atoms with Gasteiger partial charge in [0.25, 0.3) is 0 Å². The second kappa shape index (κ2) is 11.2. The number of halogens is 1. The lowest BCUT2D eigenvalue weighted by Crippen LogP contribution is -1.98. The molecule has 156 valence electrons. The predicted molar refractivity (Wildman–Crippen MR) is 121 cm³/mol. The number of rotatable bonds is 11. The molecule has 3 aromatic rings. The van der Waals surface area contributed by atoms with Gasteiger partial charge in [-0.25, -0.2) is 14.4 Å². The Hall–Kier alpha value is -3.01. The summed E-state index contributed by atoms with van der Waals surface area (Å²) in [6, 6.07) is 16.5. The van der Waals surface area contributed by atoms with Gasteiger partial charge in [0, 0.05) is 12.4 Å². The van der Waals surface area contributed by atoms with E-state index in [1.165, 1.54) is 5.56 Å². The smallest absolute Gasteiger partial charge is 0.162 e. The summed E-state index contributed by atoms with van der Waals surface area (Å²) in [4.78, 5) is 8.69. The van der Waals surface area contributed by atoms with E-state index in [0.717, 1.165) is 48.1 Å². The Morgan fingerprint density at radius 2 is 1.73 bits per heavy atom. The molecule has 0 radical (unpaired) electrons. The van der Waals surface area contributed by atoms with E-state index < -0.39 is 6.17 Å². The fourth-order valence-corrected chi connectivity index (χ4v) is 3.39. The highest BCUT2D eigenvalue weighted by molar-refractivity contribution is 5.73. The van der Waals surface area contributed by atoms with Crippen LogP contribution < -0.4 is 4.74 Å². The Labute approximate surface area is 178 Å². The molecule has 0 fully saturated rings. The Morgan fingerprint density at radius 1 is 1.00 bits per heavy atom. The van der Waals surface area contributed by atoms with Crippen molar-refractivity contribution in [2.45, 2.75) is 45.2 Å². The van der Waals surface area contributed by atoms with Gasteiger partial charge in [-0.15, -0.1) is 0 Å². The molecular formula is C26H29FN2O. The number of aromatic nitrogens is 2. The molecule has 3 rings (SSSR count). The highest BCUT2D eigenvalue weighted by Gasteiger charge is 2.11. The maximum absolute atomic E-state index is 12.9. The molecule has 0 aliphatic rings. The van der Waals surface area contributed by atoms with Crippen LogP contribution in [0.1, 0.15) is 38.2 Å². The van der Waals surface area contributed by atoms with Crippen molar-refractivity contribution in [1.29, 1.82) is 0 Å². The van der Waals surface area contributed by atoms with Gasteiger partial charge in [0.05, 0.1) is 11.7 Å². The van der Waals surface area contributed by atoms with E-state index in [4.69, 9.17) is 4.74 Å². The van der Waals surface area contributed by atoms with E-state index in [0.29, 0.717) is 18.9 Å². The second-order valence-electron chi connectivity index (χ2n) is 7.46. The topological polar surface area (TPSA) is 35.0 Å². The zero-order chi connectivity index (χ0) is 21.2. The molecule has 0 N–H and O–H groups in total. The first-order chi connectivity index (χ1) is 14.7. The minimum atomic E-state index is -0.690. The van der Waals surface area contributed by atoms with Gasteiger partial charge >= 0.3 is 0 Å². The number of nitrogens with zero attached hydrogens (tertiary/aromatic N) is 2. The molecular weight excluding hydrogens is 375 g/mol. The summed E-state index contributed by atoms with van der Waals surface area (Å²) in [6.45, 7) is 5.79. The Morgan fingerprint density at radius 3 is 2.43 bits per heavy atom. The molecule has 0 saturated carbocycles. The molecule has 0 aliphatic heterocycles. The number of unbranched alkanes of at least 4 members (excludes halogenated alkanes) is 2. The first kappa shape index (κ1) is 21.7. The molecule has 1 unspecified atom stereocenters. The van der Waals surface area contributed by atoms with Crippen LogP contribution in [-0.4, -0.2) is 22.7 Å². The van der Waals surface area contributed by atoms with E-state index in [1.807, 2.05) is 12.1 Å². The van der Waals surface area contributed by atoms with Crippen LogP contribution in [0.15, 0.2) is 73.6 Å². The van der Waals surface area contributed by atoms with Gasteiger partial charge in [-0.3, -0.25) is 0 Å². The van der Waals surface area contributed by atoms with E-state index >= 15 is 0 Å². The van der Waals surface area contributed by atoms with Crippen LogP contribution in [-0.2, 0) is 6.42 Å². The Kier molecular flexibility index (Phi) is 8.13. The Balaban J connectivity index is 1.71. The summed E-state index contributed by atoms with van der Waals surface area (Å²) in [5.41, 5.74) is 4.39. The molecule has 2 aromatic carbocycles. The Bertz CT molecular complexity index is 924. The zero-order valence-corrected chi connectivity index (χ0v) is 17.6. The van der Waals surface area contributed by atoms with Crippen molar-refractivity contribution in [3.63, 3.8) is 0 Å². The molecule has 3 nitrogen and oxygen atoms in total. The third kappa shape index (κ3) is 6.24.